The Morgan fingerprint density at radius 3 is 2.61 bits per heavy atom. The maximum absolute atomic E-state index is 12.2. The van der Waals surface area contributed by atoms with Gasteiger partial charge in [-0.15, -0.1) is 0 Å². The minimum atomic E-state index is -0.190. The predicted octanol–water partition coefficient (Wildman–Crippen LogP) is 3.07. The van der Waals surface area contributed by atoms with Crippen molar-refractivity contribution in [1.82, 2.24) is 0 Å². The molecule has 0 spiro atoms. The first-order chi connectivity index (χ1) is 11.1. The second kappa shape index (κ2) is 6.12. The van der Waals surface area contributed by atoms with E-state index in [2.05, 4.69) is 5.32 Å². The summed E-state index contributed by atoms with van der Waals surface area (Å²) in [6.45, 7) is 3.94. The van der Waals surface area contributed by atoms with Crippen molar-refractivity contribution in [2.45, 2.75) is 19.9 Å². The summed E-state index contributed by atoms with van der Waals surface area (Å²) in [6, 6.07) is 14.3. The van der Waals surface area contributed by atoms with E-state index in [1.165, 1.54) is 0 Å². The van der Waals surface area contributed by atoms with Crippen LogP contribution in [-0.4, -0.2) is 24.5 Å². The normalized spacial score (nSPS) is 13.5. The lowest BCUT2D eigenvalue weighted by Crippen LogP contribution is -2.43. The Morgan fingerprint density at radius 2 is 1.91 bits per heavy atom. The lowest BCUT2D eigenvalue weighted by atomic mass is 10.1. The van der Waals surface area contributed by atoms with Crippen molar-refractivity contribution in [3.05, 3.63) is 54.1 Å². The van der Waals surface area contributed by atoms with Crippen LogP contribution < -0.4 is 15.0 Å². The van der Waals surface area contributed by atoms with Gasteiger partial charge in [0, 0.05) is 17.3 Å². The molecule has 2 aromatic rings. The molecule has 5 nitrogen and oxygen atoms in total. The molecule has 1 heterocycles. The van der Waals surface area contributed by atoms with Gasteiger partial charge in [0.05, 0.1) is 5.69 Å². The molecule has 0 saturated heterocycles. The highest BCUT2D eigenvalue weighted by atomic mass is 16.5. The number of ether oxygens (including phenoxy) is 1. The van der Waals surface area contributed by atoms with Gasteiger partial charge in [0.1, 0.15) is 5.75 Å². The van der Waals surface area contributed by atoms with Crippen molar-refractivity contribution in [3.8, 4) is 5.75 Å². The Hall–Kier alpha value is -2.82. The Balaban J connectivity index is 1.88. The monoisotopic (exact) mass is 310 g/mol. The van der Waals surface area contributed by atoms with Gasteiger partial charge >= 0.3 is 0 Å². The fourth-order valence-corrected chi connectivity index (χ4v) is 2.61. The number of anilines is 2. The van der Waals surface area contributed by atoms with Crippen LogP contribution >= 0.6 is 0 Å². The summed E-state index contributed by atoms with van der Waals surface area (Å²) >= 11 is 0. The van der Waals surface area contributed by atoms with E-state index in [1.807, 2.05) is 32.0 Å². The number of nitrogens with one attached hydrogen (secondary N) is 1. The van der Waals surface area contributed by atoms with Gasteiger partial charge in [0.2, 0.25) is 0 Å². The molecule has 0 atom stereocenters. The summed E-state index contributed by atoms with van der Waals surface area (Å²) in [4.78, 5) is 26.0. The third-order valence-electron chi connectivity index (χ3n) is 3.65. The van der Waals surface area contributed by atoms with Crippen molar-refractivity contribution in [3.63, 3.8) is 0 Å². The summed E-state index contributed by atoms with van der Waals surface area (Å²) in [5.74, 6) is 0.375. The summed E-state index contributed by atoms with van der Waals surface area (Å²) in [6.07, 6.45) is 0. The first-order valence-corrected chi connectivity index (χ1v) is 7.51. The van der Waals surface area contributed by atoms with Crippen LogP contribution in [0.1, 0.15) is 24.2 Å². The van der Waals surface area contributed by atoms with Crippen LogP contribution in [0, 0.1) is 0 Å². The fourth-order valence-electron chi connectivity index (χ4n) is 2.61. The number of rotatable bonds is 3. The fraction of sp³-hybridized carbons (Fsp3) is 0.222. The molecule has 0 aliphatic carbocycles. The number of amides is 2. The van der Waals surface area contributed by atoms with Gasteiger partial charge in [-0.1, -0.05) is 18.2 Å². The Kier molecular flexibility index (Phi) is 4.02. The molecule has 23 heavy (non-hydrogen) atoms. The average molecular weight is 310 g/mol. The number of carbonyl (C=O) groups is 2. The van der Waals surface area contributed by atoms with E-state index in [0.717, 1.165) is 0 Å². The SMILES string of the molecule is CC(C)N1C(=O)COc2ccc(NC(=O)c3ccccc3)cc21. The molecular formula is C18H18N2O3. The van der Waals surface area contributed by atoms with Crippen LogP contribution in [-0.2, 0) is 4.79 Å². The number of nitrogens with zero attached hydrogens (tertiary/aromatic N) is 1. The molecule has 0 bridgehead atoms. The molecule has 0 aromatic heterocycles. The summed E-state index contributed by atoms with van der Waals surface area (Å²) in [5, 5.41) is 2.85. The van der Waals surface area contributed by atoms with Gasteiger partial charge in [-0.3, -0.25) is 9.59 Å². The third kappa shape index (κ3) is 3.04. The van der Waals surface area contributed by atoms with Crippen LogP contribution in [0.4, 0.5) is 11.4 Å². The largest absolute Gasteiger partial charge is 0.482 e. The molecule has 0 radical (unpaired) electrons. The molecule has 2 amide bonds. The van der Waals surface area contributed by atoms with Gasteiger partial charge in [-0.2, -0.15) is 0 Å². The van der Waals surface area contributed by atoms with E-state index in [0.29, 0.717) is 22.7 Å². The molecule has 0 saturated carbocycles. The van der Waals surface area contributed by atoms with Crippen molar-refractivity contribution < 1.29 is 14.3 Å². The molecule has 118 valence electrons. The van der Waals surface area contributed by atoms with Crippen LogP contribution in [0.3, 0.4) is 0 Å². The van der Waals surface area contributed by atoms with Crippen molar-refractivity contribution in [2.24, 2.45) is 0 Å². The maximum atomic E-state index is 12.2. The first-order valence-electron chi connectivity index (χ1n) is 7.51. The number of carbonyl (C=O) groups excluding carboxylic acids is 2. The lowest BCUT2D eigenvalue weighted by Gasteiger charge is -2.32. The van der Waals surface area contributed by atoms with Crippen molar-refractivity contribution >= 4 is 23.2 Å². The van der Waals surface area contributed by atoms with E-state index < -0.39 is 0 Å². The van der Waals surface area contributed by atoms with E-state index in [4.69, 9.17) is 4.74 Å². The predicted molar refractivity (Wildman–Crippen MR) is 89.0 cm³/mol. The zero-order valence-electron chi connectivity index (χ0n) is 13.1. The molecule has 0 unspecified atom stereocenters. The van der Waals surface area contributed by atoms with Crippen LogP contribution in [0.2, 0.25) is 0 Å². The Labute approximate surface area is 134 Å². The summed E-state index contributed by atoms with van der Waals surface area (Å²) in [7, 11) is 0. The minimum absolute atomic E-state index is 0.0187. The zero-order chi connectivity index (χ0) is 16.4. The highest BCUT2D eigenvalue weighted by Gasteiger charge is 2.27. The van der Waals surface area contributed by atoms with Gasteiger partial charge in [0.25, 0.3) is 11.8 Å². The third-order valence-corrected chi connectivity index (χ3v) is 3.65. The molecule has 0 fully saturated rings. The lowest BCUT2D eigenvalue weighted by molar-refractivity contribution is -0.121. The van der Waals surface area contributed by atoms with Gasteiger partial charge in [-0.25, -0.2) is 0 Å². The van der Waals surface area contributed by atoms with Gasteiger partial charge in [-0.05, 0) is 44.2 Å². The molecular weight excluding hydrogens is 292 g/mol. The van der Waals surface area contributed by atoms with Crippen LogP contribution in [0.15, 0.2) is 48.5 Å². The quantitative estimate of drug-likeness (QED) is 0.948. The second-order valence-electron chi connectivity index (χ2n) is 5.65. The molecule has 1 aliphatic rings. The number of hydrogen-bond acceptors (Lipinski definition) is 3. The van der Waals surface area contributed by atoms with Crippen LogP contribution in [0.25, 0.3) is 0 Å². The summed E-state index contributed by atoms with van der Waals surface area (Å²) < 4.78 is 5.46. The molecule has 1 N–H and O–H groups in total. The number of hydrogen-bond donors (Lipinski definition) is 1. The molecule has 2 aromatic carbocycles. The standard InChI is InChI=1S/C18H18N2O3/c1-12(2)20-15-10-14(8-9-16(15)23-11-17(20)21)19-18(22)13-6-4-3-5-7-13/h3-10,12H,11H2,1-2H3,(H,19,22). The highest BCUT2D eigenvalue weighted by molar-refractivity contribution is 6.05. The Morgan fingerprint density at radius 1 is 1.17 bits per heavy atom. The number of fused-ring (bicyclic) bond motifs is 1. The van der Waals surface area contributed by atoms with E-state index >= 15 is 0 Å². The van der Waals surface area contributed by atoms with E-state index in [1.54, 1.807) is 35.2 Å². The summed E-state index contributed by atoms with van der Waals surface area (Å²) in [5.41, 5.74) is 1.89. The van der Waals surface area contributed by atoms with Crippen molar-refractivity contribution in [1.29, 1.82) is 0 Å². The van der Waals surface area contributed by atoms with Gasteiger partial charge < -0.3 is 15.0 Å². The second-order valence-corrected chi connectivity index (χ2v) is 5.65. The minimum Gasteiger partial charge on any atom is -0.482 e. The topological polar surface area (TPSA) is 58.6 Å². The zero-order valence-corrected chi connectivity index (χ0v) is 13.1. The smallest absolute Gasteiger partial charge is 0.265 e. The highest BCUT2D eigenvalue weighted by Crippen LogP contribution is 2.35. The molecule has 5 heteroatoms. The van der Waals surface area contributed by atoms with E-state index in [9.17, 15) is 9.59 Å². The number of benzene rings is 2. The van der Waals surface area contributed by atoms with E-state index in [-0.39, 0.29) is 24.5 Å². The Bertz CT molecular complexity index is 741. The van der Waals surface area contributed by atoms with Crippen LogP contribution in [0.5, 0.6) is 5.75 Å². The average Bonchev–Trinajstić information content (AvgIpc) is 2.55. The molecule has 3 rings (SSSR count). The van der Waals surface area contributed by atoms with Crippen molar-refractivity contribution in [2.75, 3.05) is 16.8 Å². The maximum Gasteiger partial charge on any atom is 0.265 e. The molecule has 1 aliphatic heterocycles. The van der Waals surface area contributed by atoms with Gasteiger partial charge in [0.15, 0.2) is 6.61 Å². The first kappa shape index (κ1) is 15.1.